The van der Waals surface area contributed by atoms with Gasteiger partial charge in [0.2, 0.25) is 0 Å². The van der Waals surface area contributed by atoms with Crippen LogP contribution < -0.4 is 0 Å². The van der Waals surface area contributed by atoms with E-state index in [-0.39, 0.29) is 30.4 Å². The number of hydrogen-bond acceptors (Lipinski definition) is 12. The van der Waals surface area contributed by atoms with E-state index < -0.39 is 122 Å². The smallest absolute Gasteiger partial charge is 0.378 e. The molecule has 0 N–H and O–H groups in total. The molecule has 0 aromatic heterocycles. The predicted molar refractivity (Wildman–Crippen MR) is 226 cm³/mol. The number of hydrogen-bond donors (Lipinski definition) is 0. The van der Waals surface area contributed by atoms with Gasteiger partial charge in [-0.2, -0.15) is 35.1 Å². The fourth-order valence-corrected chi connectivity index (χ4v) is 5.35. The molecule has 382 valence electrons. The average molecular weight is 967 g/mol. The van der Waals surface area contributed by atoms with E-state index in [4.69, 9.17) is 18.9 Å². The van der Waals surface area contributed by atoms with Gasteiger partial charge in [-0.25, -0.2) is 28.8 Å². The number of carbonyl (C=O) groups is 6. The average Bonchev–Trinajstić information content (AvgIpc) is 3.21. The van der Waals surface area contributed by atoms with Crippen molar-refractivity contribution in [3.63, 3.8) is 0 Å². The van der Waals surface area contributed by atoms with Crippen LogP contribution in [0.15, 0.2) is 23.8 Å². The molecule has 0 aliphatic rings. The summed E-state index contributed by atoms with van der Waals surface area (Å²) in [4.78, 5) is 73.5. The lowest BCUT2D eigenvalue weighted by Crippen LogP contribution is -2.47. The Balaban J connectivity index is 5.04. The molecule has 0 rings (SSSR count). The molecule has 0 aliphatic carbocycles. The van der Waals surface area contributed by atoms with Gasteiger partial charge in [0.25, 0.3) is 0 Å². The highest BCUT2D eigenvalue weighted by Crippen LogP contribution is 2.38. The summed E-state index contributed by atoms with van der Waals surface area (Å²) in [5, 5.41) is 0. The Hall–Kier alpha value is -4.26. The molecule has 0 saturated carbocycles. The highest BCUT2D eigenvalue weighted by Gasteiger charge is 2.54. The van der Waals surface area contributed by atoms with E-state index in [0.717, 1.165) is 60.8 Å². The van der Waals surface area contributed by atoms with Crippen LogP contribution in [0.3, 0.4) is 0 Å². The molecule has 0 radical (unpaired) electrons. The van der Waals surface area contributed by atoms with Gasteiger partial charge in [-0.05, 0) is 39.5 Å². The predicted octanol–water partition coefficient (Wildman–Crippen LogP) is 11.0. The SMILES string of the molecule is C=C(C)C(=O)OCC(COC(=O)C(F)(F)CCCCCCCC/C=C(\C)C(=O)OCC(COC(=O)C(F)(F)C(C)(C)C)OC(=O)C(F)(F)C(C)(C)C)OC(=O)C(F)(F)CCCCCCCC. The number of rotatable bonds is 32. The summed E-state index contributed by atoms with van der Waals surface area (Å²) in [7, 11) is 0. The number of ether oxygens (including phenoxy) is 6. The number of allylic oxidation sites excluding steroid dienone is 1. The minimum absolute atomic E-state index is 0.0256. The van der Waals surface area contributed by atoms with Gasteiger partial charge in [0.05, 0.1) is 0 Å². The summed E-state index contributed by atoms with van der Waals surface area (Å²) in [5.41, 5.74) is -3.81. The maximum Gasteiger partial charge on any atom is 0.378 e. The molecule has 0 amide bonds. The van der Waals surface area contributed by atoms with Crippen molar-refractivity contribution in [1.29, 1.82) is 0 Å². The van der Waals surface area contributed by atoms with Crippen molar-refractivity contribution in [2.24, 2.45) is 10.8 Å². The van der Waals surface area contributed by atoms with E-state index >= 15 is 0 Å². The Labute approximate surface area is 383 Å². The van der Waals surface area contributed by atoms with Crippen molar-refractivity contribution in [3.8, 4) is 0 Å². The highest BCUT2D eigenvalue weighted by atomic mass is 19.3. The lowest BCUT2D eigenvalue weighted by atomic mass is 9.88. The van der Waals surface area contributed by atoms with Crippen molar-refractivity contribution >= 4 is 35.8 Å². The van der Waals surface area contributed by atoms with Crippen molar-refractivity contribution in [3.05, 3.63) is 23.8 Å². The van der Waals surface area contributed by atoms with Gasteiger partial charge in [-0.1, -0.05) is 119 Å². The quantitative estimate of drug-likeness (QED) is 0.0207. The lowest BCUT2D eigenvalue weighted by Gasteiger charge is -2.30. The number of carbonyl (C=O) groups excluding carboxylic acids is 6. The first-order chi connectivity index (χ1) is 30.2. The van der Waals surface area contributed by atoms with Gasteiger partial charge in [0, 0.05) is 34.8 Å². The number of alkyl halides is 8. The largest absolute Gasteiger partial charge is 0.458 e. The molecule has 2 atom stereocenters. The first kappa shape index (κ1) is 61.7. The van der Waals surface area contributed by atoms with Crippen LogP contribution in [0.2, 0.25) is 0 Å². The molecule has 12 nitrogen and oxygen atoms in total. The van der Waals surface area contributed by atoms with Crippen LogP contribution in [0, 0.1) is 10.8 Å². The maximum atomic E-state index is 14.7. The van der Waals surface area contributed by atoms with Crippen molar-refractivity contribution in [2.75, 3.05) is 26.4 Å². The highest BCUT2D eigenvalue weighted by molar-refractivity contribution is 5.88. The molecule has 0 spiro atoms. The van der Waals surface area contributed by atoms with E-state index in [0.29, 0.717) is 44.9 Å². The van der Waals surface area contributed by atoms with Crippen LogP contribution in [0.4, 0.5) is 35.1 Å². The van der Waals surface area contributed by atoms with E-state index in [1.54, 1.807) is 0 Å². The molecule has 2 unspecified atom stereocenters. The van der Waals surface area contributed by atoms with Gasteiger partial charge < -0.3 is 28.4 Å². The summed E-state index contributed by atoms with van der Waals surface area (Å²) in [6.07, 6.45) is 2.75. The fraction of sp³-hybridized carbons (Fsp3) is 0.783. The molecule has 0 aromatic carbocycles. The topological polar surface area (TPSA) is 158 Å². The Morgan fingerprint density at radius 2 is 0.848 bits per heavy atom. The first-order valence-corrected chi connectivity index (χ1v) is 22.2. The summed E-state index contributed by atoms with van der Waals surface area (Å²) >= 11 is 0. The standard InChI is InChI=1S/C46H70F8O12/c1-11-12-13-14-19-23-26-44(49,50)38(58)65-33(27-61-35(55)31(2)3)29-63-37(57)43(47,48)25-22-20-17-15-16-18-21-24-32(4)36(56)62-28-34(66-40(60)46(53,54)42(8,9)10)30-64-39(59)45(51,52)41(5,6)7/h24,33-34H,2,11-23,25-30H2,1,3-10H3/b32-24+. The van der Waals surface area contributed by atoms with Gasteiger partial charge in [0.1, 0.15) is 26.4 Å². The molecule has 0 saturated heterocycles. The fourth-order valence-electron chi connectivity index (χ4n) is 5.35. The Morgan fingerprint density at radius 3 is 1.30 bits per heavy atom. The summed E-state index contributed by atoms with van der Waals surface area (Å²) in [6.45, 7) is 10.4. The minimum atomic E-state index is -4.05. The Morgan fingerprint density at radius 1 is 0.485 bits per heavy atom. The van der Waals surface area contributed by atoms with Crippen LogP contribution >= 0.6 is 0 Å². The van der Waals surface area contributed by atoms with Gasteiger partial charge in [-0.3, -0.25) is 0 Å². The third-order valence-corrected chi connectivity index (χ3v) is 10.1. The van der Waals surface area contributed by atoms with E-state index in [9.17, 15) is 63.9 Å². The van der Waals surface area contributed by atoms with E-state index in [1.807, 2.05) is 6.92 Å². The van der Waals surface area contributed by atoms with Crippen LogP contribution in [0.5, 0.6) is 0 Å². The summed E-state index contributed by atoms with van der Waals surface area (Å²) < 4.78 is 145. The zero-order valence-corrected chi connectivity index (χ0v) is 39.8. The van der Waals surface area contributed by atoms with Gasteiger partial charge >= 0.3 is 59.5 Å². The second kappa shape index (κ2) is 28.2. The van der Waals surface area contributed by atoms with Crippen molar-refractivity contribution in [2.45, 2.75) is 195 Å². The number of unbranched alkanes of at least 4 members (excludes halogenated alkanes) is 11. The molecular formula is C46H70F8O12. The zero-order valence-electron chi connectivity index (χ0n) is 39.8. The second-order valence-corrected chi connectivity index (χ2v) is 18.4. The summed E-state index contributed by atoms with van der Waals surface area (Å²) in [6, 6.07) is 0. The van der Waals surface area contributed by atoms with Gasteiger partial charge in [-0.15, -0.1) is 0 Å². The minimum Gasteiger partial charge on any atom is -0.458 e. The lowest BCUT2D eigenvalue weighted by molar-refractivity contribution is -0.206. The van der Waals surface area contributed by atoms with Crippen LogP contribution in [0.1, 0.15) is 159 Å². The number of esters is 6. The van der Waals surface area contributed by atoms with Gasteiger partial charge in [0.15, 0.2) is 12.2 Å². The molecule has 0 fully saturated rings. The Bertz CT molecular complexity index is 1620. The zero-order chi connectivity index (χ0) is 51.2. The van der Waals surface area contributed by atoms with Crippen LogP contribution in [0.25, 0.3) is 0 Å². The third kappa shape index (κ3) is 22.5. The molecule has 0 heterocycles. The molecule has 0 bridgehead atoms. The van der Waals surface area contributed by atoms with E-state index in [1.165, 1.54) is 19.9 Å². The Kier molecular flexibility index (Phi) is 26.3. The molecular weight excluding hydrogens is 896 g/mol. The first-order valence-electron chi connectivity index (χ1n) is 22.2. The van der Waals surface area contributed by atoms with Crippen LogP contribution in [-0.2, 0) is 57.2 Å². The van der Waals surface area contributed by atoms with Crippen molar-refractivity contribution in [1.82, 2.24) is 0 Å². The molecule has 0 aromatic rings. The second-order valence-electron chi connectivity index (χ2n) is 18.4. The maximum absolute atomic E-state index is 14.7. The normalized spacial score (nSPS) is 13.9. The molecule has 0 aliphatic heterocycles. The third-order valence-electron chi connectivity index (χ3n) is 10.1. The van der Waals surface area contributed by atoms with Crippen molar-refractivity contribution < 1.29 is 92.3 Å². The van der Waals surface area contributed by atoms with E-state index in [2.05, 4.69) is 16.1 Å². The number of halogens is 8. The monoisotopic (exact) mass is 966 g/mol. The molecule has 66 heavy (non-hydrogen) atoms. The molecule has 20 heteroatoms. The summed E-state index contributed by atoms with van der Waals surface area (Å²) in [5.74, 6) is -25.9. The van der Waals surface area contributed by atoms with Crippen LogP contribution in [-0.4, -0.2) is 98.1 Å².